The van der Waals surface area contributed by atoms with Crippen molar-refractivity contribution in [3.63, 3.8) is 0 Å². The Bertz CT molecular complexity index is 723. The number of benzene rings is 1. The molecule has 1 atom stereocenters. The molecule has 0 amide bonds. The van der Waals surface area contributed by atoms with Gasteiger partial charge in [0.25, 0.3) is 0 Å². The maximum atomic E-state index is 5.69. The Hall–Kier alpha value is -1.65. The number of rotatable bonds is 4. The molecule has 3 rings (SSSR count). The van der Waals surface area contributed by atoms with E-state index in [0.29, 0.717) is 0 Å². The fourth-order valence-electron chi connectivity index (χ4n) is 2.32. The second kappa shape index (κ2) is 5.77. The second-order valence-electron chi connectivity index (χ2n) is 4.59. The Labute approximate surface area is 126 Å². The van der Waals surface area contributed by atoms with Gasteiger partial charge in [-0.3, -0.25) is 4.98 Å². The molecule has 2 heterocycles. The number of furan rings is 1. The van der Waals surface area contributed by atoms with Gasteiger partial charge in [0, 0.05) is 11.6 Å². The van der Waals surface area contributed by atoms with Gasteiger partial charge in [-0.1, -0.05) is 25.1 Å². The predicted octanol–water partition coefficient (Wildman–Crippen LogP) is 4.29. The highest BCUT2D eigenvalue weighted by molar-refractivity contribution is 9.10. The number of halogens is 1. The Morgan fingerprint density at radius 1 is 1.25 bits per heavy atom. The highest BCUT2D eigenvalue weighted by atomic mass is 79.9. The van der Waals surface area contributed by atoms with Crippen LogP contribution in [0.4, 0.5) is 0 Å². The van der Waals surface area contributed by atoms with Gasteiger partial charge in [0.1, 0.15) is 5.76 Å². The topological polar surface area (TPSA) is 38.1 Å². The molecule has 0 saturated carbocycles. The minimum absolute atomic E-state index is 0.0170. The zero-order valence-corrected chi connectivity index (χ0v) is 12.7. The highest BCUT2D eigenvalue weighted by Gasteiger charge is 2.17. The number of hydrogen-bond donors (Lipinski definition) is 1. The van der Waals surface area contributed by atoms with Crippen molar-refractivity contribution in [2.24, 2.45) is 0 Å². The number of aromatic nitrogens is 1. The highest BCUT2D eigenvalue weighted by Crippen LogP contribution is 2.27. The second-order valence-corrected chi connectivity index (χ2v) is 5.38. The minimum Gasteiger partial charge on any atom is -0.452 e. The number of fused-ring (bicyclic) bond motifs is 1. The summed E-state index contributed by atoms with van der Waals surface area (Å²) in [7, 11) is 0. The SMILES string of the molecule is CCNC(c1cnc2ccccc2c1)c1ccc(Br)o1. The van der Waals surface area contributed by atoms with Gasteiger partial charge in [0.05, 0.1) is 11.6 Å². The summed E-state index contributed by atoms with van der Waals surface area (Å²) >= 11 is 3.35. The lowest BCUT2D eigenvalue weighted by Crippen LogP contribution is -2.21. The van der Waals surface area contributed by atoms with Crippen molar-refractivity contribution in [1.82, 2.24) is 10.3 Å². The van der Waals surface area contributed by atoms with Crippen LogP contribution in [0.1, 0.15) is 24.3 Å². The number of nitrogens with one attached hydrogen (secondary N) is 1. The molecule has 1 N–H and O–H groups in total. The zero-order chi connectivity index (χ0) is 13.9. The lowest BCUT2D eigenvalue weighted by Gasteiger charge is -2.16. The molecule has 1 aromatic carbocycles. The maximum absolute atomic E-state index is 5.69. The van der Waals surface area contributed by atoms with Crippen LogP contribution >= 0.6 is 15.9 Å². The Kier molecular flexibility index (Phi) is 3.85. The molecular formula is C16H15BrN2O. The monoisotopic (exact) mass is 330 g/mol. The van der Waals surface area contributed by atoms with Crippen LogP contribution in [0.25, 0.3) is 10.9 Å². The summed E-state index contributed by atoms with van der Waals surface area (Å²) in [5.41, 5.74) is 2.11. The van der Waals surface area contributed by atoms with Gasteiger partial charge >= 0.3 is 0 Å². The fourth-order valence-corrected chi connectivity index (χ4v) is 2.64. The standard InChI is InChI=1S/C16H15BrN2O/c1-2-18-16(14-7-8-15(17)20-14)12-9-11-5-3-4-6-13(11)19-10-12/h3-10,16,18H,2H2,1H3. The first-order chi connectivity index (χ1) is 9.78. The molecule has 4 heteroatoms. The predicted molar refractivity (Wildman–Crippen MR) is 83.7 cm³/mol. The minimum atomic E-state index is 0.0170. The van der Waals surface area contributed by atoms with Gasteiger partial charge in [-0.05, 0) is 52.3 Å². The molecule has 20 heavy (non-hydrogen) atoms. The van der Waals surface area contributed by atoms with E-state index in [9.17, 15) is 0 Å². The normalized spacial score (nSPS) is 12.7. The summed E-state index contributed by atoms with van der Waals surface area (Å²) in [4.78, 5) is 4.52. The van der Waals surface area contributed by atoms with E-state index in [4.69, 9.17) is 4.42 Å². The first-order valence-corrected chi connectivity index (χ1v) is 7.40. The fraction of sp³-hybridized carbons (Fsp3) is 0.188. The number of hydrogen-bond acceptors (Lipinski definition) is 3. The summed E-state index contributed by atoms with van der Waals surface area (Å²) in [6, 6.07) is 14.2. The van der Waals surface area contributed by atoms with E-state index in [-0.39, 0.29) is 6.04 Å². The van der Waals surface area contributed by atoms with E-state index in [2.05, 4.69) is 45.3 Å². The summed E-state index contributed by atoms with van der Waals surface area (Å²) in [5.74, 6) is 0.885. The van der Waals surface area contributed by atoms with Crippen LogP contribution in [-0.2, 0) is 0 Å². The van der Waals surface area contributed by atoms with Crippen LogP contribution in [0, 0.1) is 0 Å². The zero-order valence-electron chi connectivity index (χ0n) is 11.1. The van der Waals surface area contributed by atoms with Gasteiger partial charge in [0.2, 0.25) is 0 Å². The Morgan fingerprint density at radius 2 is 2.10 bits per heavy atom. The van der Waals surface area contributed by atoms with E-state index in [1.54, 1.807) is 0 Å². The first kappa shape index (κ1) is 13.3. The molecule has 0 fully saturated rings. The molecule has 0 aliphatic carbocycles. The molecule has 0 aliphatic heterocycles. The molecule has 3 aromatic rings. The summed E-state index contributed by atoms with van der Waals surface area (Å²) in [6.07, 6.45) is 1.91. The van der Waals surface area contributed by atoms with Crippen LogP contribution in [0.5, 0.6) is 0 Å². The smallest absolute Gasteiger partial charge is 0.169 e. The van der Waals surface area contributed by atoms with Crippen LogP contribution in [-0.4, -0.2) is 11.5 Å². The average molecular weight is 331 g/mol. The van der Waals surface area contributed by atoms with Crippen LogP contribution < -0.4 is 5.32 Å². The molecule has 2 aromatic heterocycles. The first-order valence-electron chi connectivity index (χ1n) is 6.61. The maximum Gasteiger partial charge on any atom is 0.169 e. The average Bonchev–Trinajstić information content (AvgIpc) is 2.90. The molecular weight excluding hydrogens is 316 g/mol. The molecule has 3 nitrogen and oxygen atoms in total. The third-order valence-corrected chi connectivity index (χ3v) is 3.66. The summed E-state index contributed by atoms with van der Waals surface area (Å²) in [6.45, 7) is 2.94. The van der Waals surface area contributed by atoms with E-state index in [1.807, 2.05) is 36.5 Å². The van der Waals surface area contributed by atoms with Gasteiger partial charge in [-0.15, -0.1) is 0 Å². The van der Waals surface area contributed by atoms with Gasteiger partial charge in [-0.2, -0.15) is 0 Å². The molecule has 0 bridgehead atoms. The van der Waals surface area contributed by atoms with Crippen molar-refractivity contribution in [1.29, 1.82) is 0 Å². The molecule has 0 saturated heterocycles. The third-order valence-electron chi connectivity index (χ3n) is 3.23. The van der Waals surface area contributed by atoms with E-state index in [0.717, 1.165) is 33.4 Å². The van der Waals surface area contributed by atoms with E-state index in [1.165, 1.54) is 0 Å². The van der Waals surface area contributed by atoms with Crippen molar-refractivity contribution in [3.8, 4) is 0 Å². The molecule has 0 aliphatic rings. The Morgan fingerprint density at radius 3 is 2.85 bits per heavy atom. The van der Waals surface area contributed by atoms with Crippen LogP contribution in [0.3, 0.4) is 0 Å². The number of para-hydroxylation sites is 1. The number of nitrogens with zero attached hydrogens (tertiary/aromatic N) is 1. The van der Waals surface area contributed by atoms with Crippen molar-refractivity contribution in [3.05, 3.63) is 64.7 Å². The molecule has 102 valence electrons. The van der Waals surface area contributed by atoms with Gasteiger partial charge in [0.15, 0.2) is 4.67 Å². The van der Waals surface area contributed by atoms with E-state index >= 15 is 0 Å². The van der Waals surface area contributed by atoms with Crippen molar-refractivity contribution < 1.29 is 4.42 Å². The summed E-state index contributed by atoms with van der Waals surface area (Å²) in [5, 5.41) is 4.58. The molecule has 1 unspecified atom stereocenters. The van der Waals surface area contributed by atoms with Crippen LogP contribution in [0.15, 0.2) is 57.7 Å². The lowest BCUT2D eigenvalue weighted by atomic mass is 10.0. The summed E-state index contributed by atoms with van der Waals surface area (Å²) < 4.78 is 6.43. The van der Waals surface area contributed by atoms with Gasteiger partial charge in [-0.25, -0.2) is 0 Å². The Balaban J connectivity index is 2.04. The van der Waals surface area contributed by atoms with Crippen molar-refractivity contribution in [2.75, 3.05) is 6.54 Å². The molecule has 0 radical (unpaired) electrons. The van der Waals surface area contributed by atoms with Crippen LogP contribution in [0.2, 0.25) is 0 Å². The molecule has 0 spiro atoms. The lowest BCUT2D eigenvalue weighted by molar-refractivity contribution is 0.437. The van der Waals surface area contributed by atoms with E-state index < -0.39 is 0 Å². The largest absolute Gasteiger partial charge is 0.452 e. The van der Waals surface area contributed by atoms with Gasteiger partial charge < -0.3 is 9.73 Å². The van der Waals surface area contributed by atoms with Crippen molar-refractivity contribution >= 4 is 26.8 Å². The number of pyridine rings is 1. The third kappa shape index (κ3) is 2.62. The van der Waals surface area contributed by atoms with Crippen molar-refractivity contribution in [2.45, 2.75) is 13.0 Å². The quantitative estimate of drug-likeness (QED) is 0.775.